The van der Waals surface area contributed by atoms with Gasteiger partial charge in [-0.1, -0.05) is 43.7 Å². The molecular weight excluding hydrogens is 358 g/mol. The summed E-state index contributed by atoms with van der Waals surface area (Å²) in [5.74, 6) is -0.458. The molecule has 5 heteroatoms. The number of rotatable bonds is 3. The molecule has 2 atom stereocenters. The molecule has 0 saturated carbocycles. The molecule has 1 N–H and O–H groups in total. The Bertz CT molecular complexity index is 950. The van der Waals surface area contributed by atoms with E-state index in [1.807, 2.05) is 58.2 Å². The highest BCUT2D eigenvalue weighted by Gasteiger charge is 2.44. The molecule has 146 valence electrons. The van der Waals surface area contributed by atoms with Gasteiger partial charge in [0.25, 0.3) is 0 Å². The van der Waals surface area contributed by atoms with Crippen LogP contribution in [0.25, 0.3) is 0 Å². The van der Waals surface area contributed by atoms with Crippen LogP contribution in [-0.2, 0) is 9.84 Å². The van der Waals surface area contributed by atoms with Gasteiger partial charge in [-0.2, -0.15) is 0 Å². The van der Waals surface area contributed by atoms with Crippen molar-refractivity contribution >= 4 is 15.5 Å². The second-order valence-corrected chi connectivity index (χ2v) is 10.3. The average Bonchev–Trinajstić information content (AvgIpc) is 2.65. The number of benzene rings is 2. The second kappa shape index (κ2) is 6.95. The first-order chi connectivity index (χ1) is 12.6. The van der Waals surface area contributed by atoms with E-state index in [1.165, 1.54) is 0 Å². The third kappa shape index (κ3) is 3.63. The van der Waals surface area contributed by atoms with Gasteiger partial charge >= 0.3 is 0 Å². The van der Waals surface area contributed by atoms with Crippen molar-refractivity contribution in [3.63, 3.8) is 0 Å². The zero-order valence-corrected chi connectivity index (χ0v) is 17.5. The SMILES string of the molecule is CCN(C)c1cccc([C@@H]2c3cc(C)ccc3S(=O)(=O)CC(C)(C)[C@@H]2O)c1. The molecule has 3 rings (SSSR count). The first-order valence-corrected chi connectivity index (χ1v) is 11.0. The van der Waals surface area contributed by atoms with Gasteiger partial charge in [-0.25, -0.2) is 8.42 Å². The third-order valence-electron chi connectivity index (χ3n) is 5.66. The van der Waals surface area contributed by atoms with Crippen LogP contribution in [0.4, 0.5) is 5.69 Å². The van der Waals surface area contributed by atoms with Crippen molar-refractivity contribution in [3.8, 4) is 0 Å². The van der Waals surface area contributed by atoms with Crippen molar-refractivity contribution in [1.29, 1.82) is 0 Å². The van der Waals surface area contributed by atoms with Crippen LogP contribution in [0.1, 0.15) is 43.4 Å². The Kier molecular flexibility index (Phi) is 5.12. The standard InChI is InChI=1S/C22H29NO3S/c1-6-23(5)17-9-7-8-16(13-17)20-18-12-15(2)10-11-19(18)27(25,26)14-22(3,4)21(20)24/h7-13,20-21,24H,6,14H2,1-5H3/t20-,21-/m1/s1. The predicted molar refractivity (Wildman–Crippen MR) is 110 cm³/mol. The molecule has 0 radical (unpaired) electrons. The average molecular weight is 388 g/mol. The van der Waals surface area contributed by atoms with Crippen molar-refractivity contribution < 1.29 is 13.5 Å². The molecule has 0 amide bonds. The fourth-order valence-electron chi connectivity index (χ4n) is 3.97. The topological polar surface area (TPSA) is 57.6 Å². The van der Waals surface area contributed by atoms with E-state index >= 15 is 0 Å². The van der Waals surface area contributed by atoms with Crippen LogP contribution in [0.2, 0.25) is 0 Å². The number of aliphatic hydroxyl groups is 1. The van der Waals surface area contributed by atoms with Gasteiger partial charge in [-0.05, 0) is 43.2 Å². The van der Waals surface area contributed by atoms with E-state index in [1.54, 1.807) is 6.07 Å². The number of sulfone groups is 1. The molecule has 2 aromatic carbocycles. The zero-order chi connectivity index (χ0) is 20.0. The number of aliphatic hydroxyl groups excluding tert-OH is 1. The largest absolute Gasteiger partial charge is 0.392 e. The van der Waals surface area contributed by atoms with Gasteiger partial charge in [0.1, 0.15) is 0 Å². The lowest BCUT2D eigenvalue weighted by Gasteiger charge is -2.34. The fraction of sp³-hybridized carbons (Fsp3) is 0.455. The van der Waals surface area contributed by atoms with Crippen molar-refractivity contribution in [2.45, 2.75) is 44.6 Å². The molecule has 2 aromatic rings. The number of aryl methyl sites for hydroxylation is 1. The first-order valence-electron chi connectivity index (χ1n) is 9.39. The van der Waals surface area contributed by atoms with Gasteiger partial charge in [0.2, 0.25) is 0 Å². The lowest BCUT2D eigenvalue weighted by Crippen LogP contribution is -2.38. The molecule has 0 spiro atoms. The van der Waals surface area contributed by atoms with Crippen LogP contribution in [-0.4, -0.2) is 39.0 Å². The molecule has 0 aliphatic carbocycles. The van der Waals surface area contributed by atoms with Crippen molar-refractivity contribution in [1.82, 2.24) is 0 Å². The predicted octanol–water partition coefficient (Wildman–Crippen LogP) is 3.76. The summed E-state index contributed by atoms with van der Waals surface area (Å²) in [7, 11) is -1.46. The maximum atomic E-state index is 13.0. The lowest BCUT2D eigenvalue weighted by atomic mass is 9.75. The van der Waals surface area contributed by atoms with Crippen LogP contribution in [0, 0.1) is 12.3 Å². The Morgan fingerprint density at radius 1 is 1.19 bits per heavy atom. The summed E-state index contributed by atoms with van der Waals surface area (Å²) < 4.78 is 26.1. The second-order valence-electron chi connectivity index (χ2n) is 8.32. The number of nitrogens with zero attached hydrogens (tertiary/aromatic N) is 1. The molecule has 27 heavy (non-hydrogen) atoms. The molecular formula is C22H29NO3S. The van der Waals surface area contributed by atoms with E-state index in [0.29, 0.717) is 10.5 Å². The van der Waals surface area contributed by atoms with Crippen molar-refractivity contribution in [3.05, 3.63) is 59.2 Å². The monoisotopic (exact) mass is 387 g/mol. The highest BCUT2D eigenvalue weighted by molar-refractivity contribution is 7.91. The maximum Gasteiger partial charge on any atom is 0.179 e. The van der Waals surface area contributed by atoms with Gasteiger partial charge in [-0.3, -0.25) is 0 Å². The summed E-state index contributed by atoms with van der Waals surface area (Å²) in [6, 6.07) is 13.5. The van der Waals surface area contributed by atoms with E-state index in [9.17, 15) is 13.5 Å². The first kappa shape index (κ1) is 19.9. The van der Waals surface area contributed by atoms with E-state index in [0.717, 1.165) is 23.4 Å². The Morgan fingerprint density at radius 3 is 2.56 bits per heavy atom. The van der Waals surface area contributed by atoms with Gasteiger partial charge in [-0.15, -0.1) is 0 Å². The van der Waals surface area contributed by atoms with Crippen LogP contribution < -0.4 is 4.90 Å². The maximum absolute atomic E-state index is 13.0. The van der Waals surface area contributed by atoms with Gasteiger partial charge in [0.15, 0.2) is 9.84 Å². The summed E-state index contributed by atoms with van der Waals surface area (Å²) in [4.78, 5) is 2.47. The smallest absolute Gasteiger partial charge is 0.179 e. The fourth-order valence-corrected chi connectivity index (χ4v) is 6.09. The van der Waals surface area contributed by atoms with Gasteiger partial charge in [0.05, 0.1) is 16.8 Å². The molecule has 1 aliphatic heterocycles. The van der Waals surface area contributed by atoms with E-state index in [-0.39, 0.29) is 5.75 Å². The summed E-state index contributed by atoms with van der Waals surface area (Å²) in [6.07, 6.45) is -0.808. The minimum atomic E-state index is -3.48. The molecule has 0 aromatic heterocycles. The van der Waals surface area contributed by atoms with Crippen LogP contribution in [0.5, 0.6) is 0 Å². The number of hydrogen-bond acceptors (Lipinski definition) is 4. The van der Waals surface area contributed by atoms with Crippen LogP contribution >= 0.6 is 0 Å². The van der Waals surface area contributed by atoms with Crippen LogP contribution in [0.15, 0.2) is 47.4 Å². The molecule has 1 aliphatic rings. The van der Waals surface area contributed by atoms with E-state index in [2.05, 4.69) is 17.9 Å². The molecule has 1 heterocycles. The summed E-state index contributed by atoms with van der Waals surface area (Å²) >= 11 is 0. The highest BCUT2D eigenvalue weighted by atomic mass is 32.2. The molecule has 4 nitrogen and oxygen atoms in total. The number of anilines is 1. The number of fused-ring (bicyclic) bond motifs is 1. The Labute approximate surface area is 162 Å². The number of hydrogen-bond donors (Lipinski definition) is 1. The Morgan fingerprint density at radius 2 is 1.89 bits per heavy atom. The summed E-state index contributed by atoms with van der Waals surface area (Å²) in [6.45, 7) is 8.58. The zero-order valence-electron chi connectivity index (χ0n) is 16.7. The third-order valence-corrected chi connectivity index (χ3v) is 7.82. The molecule has 0 fully saturated rings. The highest BCUT2D eigenvalue weighted by Crippen LogP contribution is 2.45. The molecule has 0 bridgehead atoms. The quantitative estimate of drug-likeness (QED) is 0.871. The van der Waals surface area contributed by atoms with Crippen molar-refractivity contribution in [2.75, 3.05) is 24.2 Å². The van der Waals surface area contributed by atoms with Gasteiger partial charge < -0.3 is 10.0 Å². The Balaban J connectivity index is 2.28. The van der Waals surface area contributed by atoms with E-state index < -0.39 is 27.3 Å². The lowest BCUT2D eigenvalue weighted by molar-refractivity contribution is 0.0521. The molecule has 0 unspecified atom stereocenters. The minimum Gasteiger partial charge on any atom is -0.392 e. The summed E-state index contributed by atoms with van der Waals surface area (Å²) in [5, 5.41) is 11.3. The summed E-state index contributed by atoms with van der Waals surface area (Å²) in [5.41, 5.74) is 2.93. The normalized spacial score (nSPS) is 23.3. The molecule has 0 saturated heterocycles. The van der Waals surface area contributed by atoms with E-state index in [4.69, 9.17) is 0 Å². The van der Waals surface area contributed by atoms with Crippen LogP contribution in [0.3, 0.4) is 0 Å². The minimum absolute atomic E-state index is 0.0672. The Hall–Kier alpha value is -1.85. The van der Waals surface area contributed by atoms with Crippen molar-refractivity contribution in [2.24, 2.45) is 5.41 Å². The van der Waals surface area contributed by atoms with Gasteiger partial charge in [0, 0.05) is 30.6 Å².